The van der Waals surface area contributed by atoms with Crippen LogP contribution in [0.1, 0.15) is 71.0 Å². The molecular formula is C33H38N2O7S. The Balaban J connectivity index is 1.79. The summed E-state index contributed by atoms with van der Waals surface area (Å²) in [5.74, 6) is 0.377. The molecule has 9 nitrogen and oxygen atoms in total. The minimum absolute atomic E-state index is 0.126. The van der Waals surface area contributed by atoms with Gasteiger partial charge in [-0.15, -0.1) is 0 Å². The molecule has 0 N–H and O–H groups in total. The summed E-state index contributed by atoms with van der Waals surface area (Å²) in [5, 5.41) is 0. The van der Waals surface area contributed by atoms with Gasteiger partial charge in [0, 0.05) is 6.92 Å². The molecule has 0 amide bonds. The third-order valence-corrected chi connectivity index (χ3v) is 7.72. The fraction of sp³-hybridized carbons (Fsp3) is 0.394. The maximum atomic E-state index is 14.0. The van der Waals surface area contributed by atoms with Crippen LogP contribution < -0.4 is 29.1 Å². The fourth-order valence-corrected chi connectivity index (χ4v) is 5.71. The van der Waals surface area contributed by atoms with Crippen LogP contribution in [0.25, 0.3) is 6.08 Å². The van der Waals surface area contributed by atoms with Gasteiger partial charge in [-0.2, -0.15) is 0 Å². The van der Waals surface area contributed by atoms with Crippen molar-refractivity contribution in [1.82, 2.24) is 4.57 Å². The average Bonchev–Trinajstić information content (AvgIpc) is 3.27. The van der Waals surface area contributed by atoms with E-state index in [-0.39, 0.29) is 35.2 Å². The molecule has 43 heavy (non-hydrogen) atoms. The fourth-order valence-electron chi connectivity index (χ4n) is 4.67. The van der Waals surface area contributed by atoms with Gasteiger partial charge >= 0.3 is 11.9 Å². The number of thiazole rings is 1. The first-order valence-corrected chi connectivity index (χ1v) is 15.2. The second-order valence-corrected chi connectivity index (χ2v) is 11.7. The van der Waals surface area contributed by atoms with Gasteiger partial charge in [0.2, 0.25) is 0 Å². The standard InChI is InChI=1S/C33H38N2O7S/c1-7-8-9-16-40-25-13-10-23(11-14-25)17-28-31(37)35-30(24-12-15-26(42-22(5)36)27(18-24)39-6)29(21(4)34-33(35)43-28)32(38)41-19-20(2)3/h10-15,17-18,20,30H,7-9,16,19H2,1-6H3/b28-17+/t30-/m0/s1. The lowest BCUT2D eigenvalue weighted by Crippen LogP contribution is -2.40. The molecule has 0 bridgehead atoms. The molecule has 1 aliphatic heterocycles. The van der Waals surface area contributed by atoms with Crippen LogP contribution in [0.3, 0.4) is 0 Å². The smallest absolute Gasteiger partial charge is 0.338 e. The van der Waals surface area contributed by atoms with E-state index in [0.717, 1.165) is 30.6 Å². The van der Waals surface area contributed by atoms with Crippen LogP contribution in [-0.4, -0.2) is 36.8 Å². The number of methoxy groups -OCH3 is 1. The van der Waals surface area contributed by atoms with Gasteiger partial charge in [0.15, 0.2) is 16.3 Å². The molecular weight excluding hydrogens is 568 g/mol. The lowest BCUT2D eigenvalue weighted by Gasteiger charge is -2.25. The number of benzene rings is 2. The number of esters is 2. The van der Waals surface area contributed by atoms with Crippen LogP contribution in [0.4, 0.5) is 0 Å². The van der Waals surface area contributed by atoms with E-state index in [0.29, 0.717) is 27.2 Å². The molecule has 0 unspecified atom stereocenters. The zero-order chi connectivity index (χ0) is 31.1. The minimum atomic E-state index is -0.836. The molecule has 2 heterocycles. The number of aromatic nitrogens is 1. The van der Waals surface area contributed by atoms with Gasteiger partial charge in [0.05, 0.1) is 42.2 Å². The number of allylic oxidation sites excluding steroid dienone is 1. The Morgan fingerprint density at radius 1 is 1.09 bits per heavy atom. The molecule has 228 valence electrons. The number of nitrogens with zero attached hydrogens (tertiary/aromatic N) is 2. The van der Waals surface area contributed by atoms with Crippen molar-refractivity contribution >= 4 is 29.4 Å². The number of unbranched alkanes of at least 4 members (excludes halogenated alkanes) is 2. The number of rotatable bonds is 12. The van der Waals surface area contributed by atoms with Crippen LogP contribution in [0, 0.1) is 5.92 Å². The molecule has 2 aromatic carbocycles. The third kappa shape index (κ3) is 7.62. The number of fused-ring (bicyclic) bond motifs is 1. The summed E-state index contributed by atoms with van der Waals surface area (Å²) in [6.07, 6.45) is 5.07. The molecule has 1 aromatic heterocycles. The van der Waals surface area contributed by atoms with Crippen molar-refractivity contribution in [2.24, 2.45) is 10.9 Å². The molecule has 3 aromatic rings. The van der Waals surface area contributed by atoms with E-state index >= 15 is 0 Å². The number of carbonyl (C=O) groups is 2. The molecule has 0 aliphatic carbocycles. The highest BCUT2D eigenvalue weighted by Crippen LogP contribution is 2.36. The van der Waals surface area contributed by atoms with Crippen molar-refractivity contribution in [3.8, 4) is 17.2 Å². The highest BCUT2D eigenvalue weighted by Gasteiger charge is 2.34. The van der Waals surface area contributed by atoms with Crippen LogP contribution in [0.2, 0.25) is 0 Å². The SMILES string of the molecule is CCCCCOc1ccc(/C=c2/sc3n(c2=O)[C@@H](c2ccc(OC(C)=O)c(OC)c2)C(C(=O)OCC(C)C)=C(C)N=3)cc1. The number of hydrogen-bond acceptors (Lipinski definition) is 9. The second kappa shape index (κ2) is 14.3. The van der Waals surface area contributed by atoms with Gasteiger partial charge < -0.3 is 18.9 Å². The van der Waals surface area contributed by atoms with Gasteiger partial charge in [-0.05, 0) is 60.7 Å². The van der Waals surface area contributed by atoms with Gasteiger partial charge in [-0.25, -0.2) is 9.79 Å². The Morgan fingerprint density at radius 2 is 1.84 bits per heavy atom. The van der Waals surface area contributed by atoms with E-state index in [1.807, 2.05) is 44.2 Å². The van der Waals surface area contributed by atoms with E-state index < -0.39 is 18.0 Å². The highest BCUT2D eigenvalue weighted by molar-refractivity contribution is 7.07. The Bertz CT molecular complexity index is 1680. The van der Waals surface area contributed by atoms with Gasteiger partial charge in [-0.3, -0.25) is 14.2 Å². The summed E-state index contributed by atoms with van der Waals surface area (Å²) in [4.78, 5) is 44.1. The molecule has 0 saturated heterocycles. The first kappa shape index (κ1) is 31.7. The van der Waals surface area contributed by atoms with Crippen molar-refractivity contribution in [1.29, 1.82) is 0 Å². The maximum Gasteiger partial charge on any atom is 0.338 e. The van der Waals surface area contributed by atoms with E-state index in [1.54, 1.807) is 25.1 Å². The largest absolute Gasteiger partial charge is 0.494 e. The number of hydrogen-bond donors (Lipinski definition) is 0. The molecule has 1 atom stereocenters. The van der Waals surface area contributed by atoms with E-state index in [4.69, 9.17) is 18.9 Å². The summed E-state index contributed by atoms with van der Waals surface area (Å²) >= 11 is 1.25. The summed E-state index contributed by atoms with van der Waals surface area (Å²) < 4.78 is 24.2. The lowest BCUT2D eigenvalue weighted by atomic mass is 9.95. The van der Waals surface area contributed by atoms with Crippen molar-refractivity contribution in [2.75, 3.05) is 20.3 Å². The Hall–Kier alpha value is -4.18. The molecule has 0 saturated carbocycles. The molecule has 0 fully saturated rings. The summed E-state index contributed by atoms with van der Waals surface area (Å²) in [6, 6.07) is 11.7. The molecule has 1 aliphatic rings. The van der Waals surface area contributed by atoms with Crippen LogP contribution >= 0.6 is 11.3 Å². The van der Waals surface area contributed by atoms with Gasteiger partial charge in [0.1, 0.15) is 5.75 Å². The Labute approximate surface area is 255 Å². The van der Waals surface area contributed by atoms with Crippen molar-refractivity contribution in [2.45, 2.75) is 59.9 Å². The predicted octanol–water partition coefficient (Wildman–Crippen LogP) is 4.94. The van der Waals surface area contributed by atoms with E-state index in [9.17, 15) is 14.4 Å². The van der Waals surface area contributed by atoms with Gasteiger partial charge in [0.25, 0.3) is 5.56 Å². The topological polar surface area (TPSA) is 105 Å². The minimum Gasteiger partial charge on any atom is -0.494 e. The number of ether oxygens (including phenoxy) is 4. The molecule has 10 heteroatoms. The zero-order valence-electron chi connectivity index (χ0n) is 25.5. The van der Waals surface area contributed by atoms with Crippen molar-refractivity contribution in [3.05, 3.63) is 84.5 Å². The maximum absolute atomic E-state index is 14.0. The first-order valence-electron chi connectivity index (χ1n) is 14.4. The average molecular weight is 607 g/mol. The Kier molecular flexibility index (Phi) is 10.6. The van der Waals surface area contributed by atoms with Crippen LogP contribution in [-0.2, 0) is 14.3 Å². The Morgan fingerprint density at radius 3 is 2.49 bits per heavy atom. The van der Waals surface area contributed by atoms with Crippen molar-refractivity contribution in [3.63, 3.8) is 0 Å². The van der Waals surface area contributed by atoms with Crippen LogP contribution in [0.5, 0.6) is 17.2 Å². The van der Waals surface area contributed by atoms with E-state index in [1.165, 1.54) is 29.9 Å². The summed E-state index contributed by atoms with van der Waals surface area (Å²) in [7, 11) is 1.46. The lowest BCUT2D eigenvalue weighted by molar-refractivity contribution is -0.140. The molecule has 0 radical (unpaired) electrons. The first-order chi connectivity index (χ1) is 20.6. The summed E-state index contributed by atoms with van der Waals surface area (Å²) in [6.45, 7) is 9.97. The highest BCUT2D eigenvalue weighted by atomic mass is 32.1. The third-order valence-electron chi connectivity index (χ3n) is 6.74. The zero-order valence-corrected chi connectivity index (χ0v) is 26.3. The quantitative estimate of drug-likeness (QED) is 0.163. The predicted molar refractivity (Wildman–Crippen MR) is 165 cm³/mol. The normalized spacial score (nSPS) is 14.8. The van der Waals surface area contributed by atoms with E-state index in [2.05, 4.69) is 11.9 Å². The molecule has 0 spiro atoms. The number of carbonyl (C=O) groups excluding carboxylic acids is 2. The van der Waals surface area contributed by atoms with Gasteiger partial charge in [-0.1, -0.05) is 63.1 Å². The van der Waals surface area contributed by atoms with Crippen molar-refractivity contribution < 1.29 is 28.5 Å². The monoisotopic (exact) mass is 606 g/mol. The van der Waals surface area contributed by atoms with Crippen LogP contribution in [0.15, 0.2) is 63.5 Å². The molecule has 4 rings (SSSR count). The second-order valence-electron chi connectivity index (χ2n) is 10.7. The summed E-state index contributed by atoms with van der Waals surface area (Å²) in [5.41, 5.74) is 1.84.